The Morgan fingerprint density at radius 3 is 2.18 bits per heavy atom. The minimum absolute atomic E-state index is 0.152. The van der Waals surface area contributed by atoms with Gasteiger partial charge in [0.1, 0.15) is 0 Å². The summed E-state index contributed by atoms with van der Waals surface area (Å²) in [5.74, 6) is 4.10. The van der Waals surface area contributed by atoms with Gasteiger partial charge < -0.3 is 10.2 Å². The highest BCUT2D eigenvalue weighted by Gasteiger charge is 2.13. The molecule has 2 N–H and O–H groups in total. The minimum Gasteiger partial charge on any atom is -0.478 e. The topological polar surface area (TPSA) is 74.6 Å². The molecule has 2 rings (SSSR count). The largest absolute Gasteiger partial charge is 0.478 e. The van der Waals surface area contributed by atoms with Gasteiger partial charge in [0.05, 0.1) is 11.1 Å². The van der Waals surface area contributed by atoms with E-state index in [1.807, 2.05) is 0 Å². The van der Waals surface area contributed by atoms with Crippen LogP contribution in [0.15, 0.2) is 30.3 Å². The van der Waals surface area contributed by atoms with Crippen LogP contribution in [0.2, 0.25) is 0 Å². The van der Waals surface area contributed by atoms with Crippen molar-refractivity contribution in [2.75, 3.05) is 0 Å². The predicted octanol–water partition coefficient (Wildman–Crippen LogP) is 6.12. The lowest BCUT2D eigenvalue weighted by Crippen LogP contribution is -2.02. The van der Waals surface area contributed by atoms with Crippen LogP contribution in [0, 0.1) is 11.8 Å². The number of unbranched alkanes of at least 4 members (excludes halogenated alkanes) is 8. The highest BCUT2D eigenvalue weighted by molar-refractivity contribution is 6.02. The Hall–Kier alpha value is -2.80. The summed E-state index contributed by atoms with van der Waals surface area (Å²) in [6.45, 7) is 2.22. The Labute approximate surface area is 166 Å². The Bertz CT molecular complexity index is 887. The molecule has 0 spiro atoms. The highest BCUT2D eigenvalue weighted by atomic mass is 16.4. The number of aromatic carboxylic acids is 2. The van der Waals surface area contributed by atoms with Crippen molar-refractivity contribution in [2.45, 2.75) is 64.7 Å². The maximum atomic E-state index is 11.6. The second kappa shape index (κ2) is 11.1. The third-order valence-corrected chi connectivity index (χ3v) is 4.87. The monoisotopic (exact) mass is 380 g/mol. The van der Waals surface area contributed by atoms with Gasteiger partial charge in [-0.05, 0) is 35.4 Å². The number of benzene rings is 2. The molecule has 28 heavy (non-hydrogen) atoms. The number of rotatable bonds is 10. The van der Waals surface area contributed by atoms with E-state index in [2.05, 4.69) is 18.8 Å². The molecule has 0 heterocycles. The maximum Gasteiger partial charge on any atom is 0.336 e. The van der Waals surface area contributed by atoms with Crippen LogP contribution in [0.25, 0.3) is 10.8 Å². The van der Waals surface area contributed by atoms with Crippen molar-refractivity contribution in [1.29, 1.82) is 0 Å². The molecule has 0 aliphatic heterocycles. The first-order chi connectivity index (χ1) is 13.5. The fourth-order valence-electron chi connectivity index (χ4n) is 3.27. The van der Waals surface area contributed by atoms with Crippen LogP contribution in [0.5, 0.6) is 0 Å². The fraction of sp³-hybridized carbons (Fsp3) is 0.417. The number of fused-ring (bicyclic) bond motifs is 1. The van der Waals surface area contributed by atoms with Gasteiger partial charge in [-0.1, -0.05) is 75.8 Å². The zero-order valence-electron chi connectivity index (χ0n) is 16.5. The summed E-state index contributed by atoms with van der Waals surface area (Å²) >= 11 is 0. The van der Waals surface area contributed by atoms with E-state index in [1.54, 1.807) is 18.2 Å². The van der Waals surface area contributed by atoms with Crippen molar-refractivity contribution in [3.8, 4) is 11.8 Å². The molecule has 4 heteroatoms. The van der Waals surface area contributed by atoms with Crippen LogP contribution >= 0.6 is 0 Å². The van der Waals surface area contributed by atoms with Crippen LogP contribution in [-0.4, -0.2) is 22.2 Å². The van der Waals surface area contributed by atoms with E-state index in [-0.39, 0.29) is 11.1 Å². The average Bonchev–Trinajstić information content (AvgIpc) is 2.68. The molecule has 0 aliphatic rings. The molecule has 0 amide bonds. The molecule has 0 saturated carbocycles. The van der Waals surface area contributed by atoms with E-state index in [4.69, 9.17) is 5.11 Å². The first-order valence-electron chi connectivity index (χ1n) is 10.1. The van der Waals surface area contributed by atoms with Crippen LogP contribution in [0.3, 0.4) is 0 Å². The molecule has 0 fully saturated rings. The number of hydrogen-bond donors (Lipinski definition) is 2. The quantitative estimate of drug-likeness (QED) is 0.385. The van der Waals surface area contributed by atoms with E-state index in [9.17, 15) is 14.7 Å². The molecule has 0 atom stereocenters. The summed E-state index contributed by atoms with van der Waals surface area (Å²) in [6, 6.07) is 7.81. The summed E-state index contributed by atoms with van der Waals surface area (Å²) in [6.07, 6.45) is 10.6. The molecule has 2 aromatic rings. The lowest BCUT2D eigenvalue weighted by atomic mass is 9.97. The molecule has 2 aromatic carbocycles. The summed E-state index contributed by atoms with van der Waals surface area (Å²) in [7, 11) is 0. The van der Waals surface area contributed by atoms with Crippen molar-refractivity contribution in [2.24, 2.45) is 0 Å². The Morgan fingerprint density at radius 1 is 0.857 bits per heavy atom. The van der Waals surface area contributed by atoms with Gasteiger partial charge in [0.2, 0.25) is 0 Å². The lowest BCUT2D eigenvalue weighted by Gasteiger charge is -2.06. The molecule has 0 saturated heterocycles. The normalized spacial score (nSPS) is 10.5. The van der Waals surface area contributed by atoms with Crippen molar-refractivity contribution < 1.29 is 19.8 Å². The fourth-order valence-corrected chi connectivity index (χ4v) is 3.27. The average molecular weight is 380 g/mol. The molecular formula is C24H28O4. The first-order valence-corrected chi connectivity index (χ1v) is 10.1. The molecule has 0 unspecified atom stereocenters. The summed E-state index contributed by atoms with van der Waals surface area (Å²) < 4.78 is 0. The van der Waals surface area contributed by atoms with Gasteiger partial charge in [-0.15, -0.1) is 0 Å². The van der Waals surface area contributed by atoms with Crippen LogP contribution in [0.1, 0.15) is 91.0 Å². The van der Waals surface area contributed by atoms with Crippen LogP contribution in [0.4, 0.5) is 0 Å². The third kappa shape index (κ3) is 6.13. The molecule has 0 aromatic heterocycles. The predicted molar refractivity (Wildman–Crippen MR) is 112 cm³/mol. The summed E-state index contributed by atoms with van der Waals surface area (Å²) in [5.41, 5.74) is 0.786. The highest BCUT2D eigenvalue weighted by Crippen LogP contribution is 2.24. The standard InChI is InChI=1S/C24H28O4/c1-2-3-4-5-6-7-8-9-10-11-12-21-20-15-14-19(23(25)26)17-18(20)13-16-22(21)24(27)28/h13-17H,2-10H2,1H3,(H,25,26)(H,27,28). The van der Waals surface area contributed by atoms with Crippen LogP contribution in [-0.2, 0) is 0 Å². The SMILES string of the molecule is CCCCCCCCCCC#Cc1c(C(=O)O)ccc2cc(C(=O)O)ccc12. The second-order valence-corrected chi connectivity index (χ2v) is 7.06. The van der Waals surface area contributed by atoms with Gasteiger partial charge in [0, 0.05) is 12.0 Å². The Morgan fingerprint density at radius 2 is 1.54 bits per heavy atom. The number of hydrogen-bond acceptors (Lipinski definition) is 2. The summed E-state index contributed by atoms with van der Waals surface area (Å²) in [5, 5.41) is 20.0. The van der Waals surface area contributed by atoms with E-state index in [1.165, 1.54) is 50.7 Å². The van der Waals surface area contributed by atoms with Gasteiger partial charge in [-0.25, -0.2) is 9.59 Å². The number of carbonyl (C=O) groups is 2. The van der Waals surface area contributed by atoms with E-state index >= 15 is 0 Å². The van der Waals surface area contributed by atoms with Crippen molar-refractivity contribution in [3.05, 3.63) is 47.0 Å². The van der Waals surface area contributed by atoms with Gasteiger partial charge in [0.15, 0.2) is 0 Å². The number of carboxylic acids is 2. The Balaban J connectivity index is 2.04. The van der Waals surface area contributed by atoms with Crippen LogP contribution < -0.4 is 0 Å². The Kier molecular flexibility index (Phi) is 8.55. The molecule has 4 nitrogen and oxygen atoms in total. The smallest absolute Gasteiger partial charge is 0.336 e. The van der Waals surface area contributed by atoms with Gasteiger partial charge in [-0.3, -0.25) is 0 Å². The van der Waals surface area contributed by atoms with Crippen molar-refractivity contribution in [3.63, 3.8) is 0 Å². The molecule has 148 valence electrons. The molecule has 0 bridgehead atoms. The number of carboxylic acid groups (broad SMARTS) is 2. The molecular weight excluding hydrogens is 352 g/mol. The molecule has 0 radical (unpaired) electrons. The maximum absolute atomic E-state index is 11.6. The first kappa shape index (κ1) is 21.5. The third-order valence-electron chi connectivity index (χ3n) is 4.87. The van der Waals surface area contributed by atoms with Crippen molar-refractivity contribution >= 4 is 22.7 Å². The minimum atomic E-state index is -1.03. The lowest BCUT2D eigenvalue weighted by molar-refractivity contribution is 0.0685. The van der Waals surface area contributed by atoms with E-state index in [0.29, 0.717) is 16.3 Å². The molecule has 0 aliphatic carbocycles. The van der Waals surface area contributed by atoms with Gasteiger partial charge in [0.25, 0.3) is 0 Å². The summed E-state index contributed by atoms with van der Waals surface area (Å²) in [4.78, 5) is 22.7. The van der Waals surface area contributed by atoms with Gasteiger partial charge in [-0.2, -0.15) is 0 Å². The van der Waals surface area contributed by atoms with E-state index in [0.717, 1.165) is 19.3 Å². The second-order valence-electron chi connectivity index (χ2n) is 7.06. The van der Waals surface area contributed by atoms with Crippen molar-refractivity contribution in [1.82, 2.24) is 0 Å². The van der Waals surface area contributed by atoms with E-state index < -0.39 is 11.9 Å². The zero-order chi connectivity index (χ0) is 20.4. The van der Waals surface area contributed by atoms with Gasteiger partial charge >= 0.3 is 11.9 Å². The zero-order valence-corrected chi connectivity index (χ0v) is 16.5.